The number of hydrogen-bond acceptors (Lipinski definition) is 5. The van der Waals surface area contributed by atoms with Crippen LogP contribution in [0.3, 0.4) is 0 Å². The van der Waals surface area contributed by atoms with Gasteiger partial charge in [-0.05, 0) is 61.4 Å². The molecule has 3 heterocycles. The number of amides is 2. The summed E-state index contributed by atoms with van der Waals surface area (Å²) in [5.74, 6) is 0.438. The first-order valence-electron chi connectivity index (χ1n) is 11.7. The number of imidazole rings is 1. The molecule has 0 bridgehead atoms. The summed E-state index contributed by atoms with van der Waals surface area (Å²) in [5, 5.41) is 15.4. The Balaban J connectivity index is 1.66. The number of aryl methyl sites for hydroxylation is 1. The summed E-state index contributed by atoms with van der Waals surface area (Å²) in [7, 11) is 3.27. The highest BCUT2D eigenvalue weighted by molar-refractivity contribution is 6.04. The number of hydrogen-bond donors (Lipinski definition) is 2. The van der Waals surface area contributed by atoms with E-state index in [4.69, 9.17) is 0 Å². The van der Waals surface area contributed by atoms with Crippen molar-refractivity contribution < 1.29 is 4.79 Å². The van der Waals surface area contributed by atoms with Gasteiger partial charge in [-0.25, -0.2) is 14.6 Å². The third-order valence-electron chi connectivity index (χ3n) is 6.58. The van der Waals surface area contributed by atoms with Crippen molar-refractivity contribution in [3.05, 3.63) is 83.0 Å². The number of fused-ring (bicyclic) bond motifs is 3. The predicted octanol–water partition coefficient (Wildman–Crippen LogP) is 4.49. The van der Waals surface area contributed by atoms with E-state index in [-0.39, 0.29) is 11.7 Å². The van der Waals surface area contributed by atoms with Gasteiger partial charge in [-0.15, -0.1) is 0 Å². The number of urea groups is 1. The van der Waals surface area contributed by atoms with E-state index < -0.39 is 5.41 Å². The Kier molecular flexibility index (Phi) is 5.72. The van der Waals surface area contributed by atoms with Crippen LogP contribution >= 0.6 is 0 Å². The molecule has 0 saturated heterocycles. The minimum Gasteiger partial charge on any atom is -0.341 e. The van der Waals surface area contributed by atoms with Gasteiger partial charge < -0.3 is 5.32 Å². The lowest BCUT2D eigenvalue weighted by Crippen LogP contribution is -2.24. The lowest BCUT2D eigenvalue weighted by Gasteiger charge is -2.16. The number of nitriles is 1. The molecule has 37 heavy (non-hydrogen) atoms. The van der Waals surface area contributed by atoms with Gasteiger partial charge in [-0.3, -0.25) is 19.4 Å². The summed E-state index contributed by atoms with van der Waals surface area (Å²) in [6.07, 6.45) is 3.40. The predicted molar refractivity (Wildman–Crippen MR) is 144 cm³/mol. The molecule has 9 nitrogen and oxygen atoms in total. The molecular weight excluding hydrogens is 466 g/mol. The standard InChI is InChI=1S/C28H25N7O2/c1-28(2,16-29)19-7-9-20(10-8-19)35-25-21-13-17(18-6-12-24(32-14-18)33-26(36)30-3)5-11-22(21)31-15-23(25)34(4)27(35)37/h5-15H,1-4H3,(H2,30,32,33,36). The molecule has 0 fully saturated rings. The Morgan fingerprint density at radius 1 is 1.00 bits per heavy atom. The number of pyridine rings is 2. The Morgan fingerprint density at radius 3 is 2.38 bits per heavy atom. The number of nitrogens with zero attached hydrogens (tertiary/aromatic N) is 5. The van der Waals surface area contributed by atoms with Crippen LogP contribution in [-0.2, 0) is 12.5 Å². The Morgan fingerprint density at radius 2 is 1.73 bits per heavy atom. The third kappa shape index (κ3) is 4.08. The number of carbonyl (C=O) groups excluding carboxylic acids is 1. The van der Waals surface area contributed by atoms with Crippen LogP contribution in [0, 0.1) is 11.3 Å². The van der Waals surface area contributed by atoms with Crippen LogP contribution in [0.1, 0.15) is 19.4 Å². The van der Waals surface area contributed by atoms with Gasteiger partial charge in [-0.2, -0.15) is 5.26 Å². The zero-order valence-electron chi connectivity index (χ0n) is 20.9. The molecule has 9 heteroatoms. The molecule has 0 spiro atoms. The van der Waals surface area contributed by atoms with Crippen molar-refractivity contribution in [2.24, 2.45) is 7.05 Å². The Bertz CT molecular complexity index is 1760. The van der Waals surface area contributed by atoms with Crippen molar-refractivity contribution in [2.45, 2.75) is 19.3 Å². The van der Waals surface area contributed by atoms with E-state index >= 15 is 0 Å². The molecule has 0 unspecified atom stereocenters. The smallest absolute Gasteiger partial charge is 0.333 e. The molecule has 0 aliphatic heterocycles. The van der Waals surface area contributed by atoms with Gasteiger partial charge in [0.05, 0.1) is 39.9 Å². The fourth-order valence-electron chi connectivity index (χ4n) is 4.33. The third-order valence-corrected chi connectivity index (χ3v) is 6.58. The van der Waals surface area contributed by atoms with Gasteiger partial charge in [0.25, 0.3) is 0 Å². The van der Waals surface area contributed by atoms with Gasteiger partial charge in [-0.1, -0.05) is 18.2 Å². The minimum absolute atomic E-state index is 0.187. The average Bonchev–Trinajstić information content (AvgIpc) is 3.18. The normalized spacial score (nSPS) is 11.4. The second kappa shape index (κ2) is 8.91. The summed E-state index contributed by atoms with van der Waals surface area (Å²) in [6.45, 7) is 3.73. The van der Waals surface area contributed by atoms with Crippen LogP contribution in [0.15, 0.2) is 71.8 Å². The SMILES string of the molecule is CNC(=O)Nc1ccc(-c2ccc3ncc4c(c3c2)n(-c2ccc(C(C)(C)C#N)cc2)c(=O)n4C)cn1. The van der Waals surface area contributed by atoms with Crippen LogP contribution in [0.4, 0.5) is 10.6 Å². The van der Waals surface area contributed by atoms with E-state index in [1.54, 1.807) is 34.6 Å². The maximum absolute atomic E-state index is 13.4. The zero-order valence-corrected chi connectivity index (χ0v) is 20.9. The highest BCUT2D eigenvalue weighted by atomic mass is 16.2. The maximum Gasteiger partial charge on any atom is 0.333 e. The van der Waals surface area contributed by atoms with Crippen molar-refractivity contribution in [3.8, 4) is 22.9 Å². The lowest BCUT2D eigenvalue weighted by molar-refractivity contribution is 0.254. The second-order valence-corrected chi connectivity index (χ2v) is 9.32. The van der Waals surface area contributed by atoms with Crippen LogP contribution in [0.5, 0.6) is 0 Å². The lowest BCUT2D eigenvalue weighted by atomic mass is 9.86. The fourth-order valence-corrected chi connectivity index (χ4v) is 4.33. The molecule has 2 N–H and O–H groups in total. The largest absolute Gasteiger partial charge is 0.341 e. The number of aromatic nitrogens is 4. The monoisotopic (exact) mass is 491 g/mol. The Labute approximate surface area is 213 Å². The first-order valence-corrected chi connectivity index (χ1v) is 11.7. The zero-order chi connectivity index (χ0) is 26.3. The van der Waals surface area contributed by atoms with Crippen molar-refractivity contribution >= 4 is 33.8 Å². The summed E-state index contributed by atoms with van der Waals surface area (Å²) in [4.78, 5) is 33.8. The summed E-state index contributed by atoms with van der Waals surface area (Å²) in [6, 6.07) is 19.0. The molecule has 0 aliphatic carbocycles. The van der Waals surface area contributed by atoms with Gasteiger partial charge in [0, 0.05) is 31.2 Å². The van der Waals surface area contributed by atoms with E-state index in [1.807, 2.05) is 62.4 Å². The number of anilines is 1. The first kappa shape index (κ1) is 23.8. The van der Waals surface area contributed by atoms with Gasteiger partial charge in [0.15, 0.2) is 0 Å². The topological polar surface area (TPSA) is 118 Å². The van der Waals surface area contributed by atoms with Gasteiger partial charge >= 0.3 is 11.7 Å². The van der Waals surface area contributed by atoms with Crippen LogP contribution in [0.25, 0.3) is 38.8 Å². The van der Waals surface area contributed by atoms with Crippen molar-refractivity contribution in [2.75, 3.05) is 12.4 Å². The van der Waals surface area contributed by atoms with E-state index in [0.717, 1.165) is 33.1 Å². The van der Waals surface area contributed by atoms with Crippen LogP contribution in [0.2, 0.25) is 0 Å². The summed E-state index contributed by atoms with van der Waals surface area (Å²) < 4.78 is 3.27. The summed E-state index contributed by atoms with van der Waals surface area (Å²) in [5.41, 5.74) is 4.73. The van der Waals surface area contributed by atoms with Crippen molar-refractivity contribution in [3.63, 3.8) is 0 Å². The van der Waals surface area contributed by atoms with Gasteiger partial charge in [0.2, 0.25) is 0 Å². The molecule has 0 saturated carbocycles. The van der Waals surface area contributed by atoms with Crippen LogP contribution < -0.4 is 16.3 Å². The molecule has 2 amide bonds. The van der Waals surface area contributed by atoms with Crippen molar-refractivity contribution in [1.29, 1.82) is 5.26 Å². The molecule has 3 aromatic heterocycles. The van der Waals surface area contributed by atoms with Crippen LogP contribution in [-0.4, -0.2) is 32.2 Å². The van der Waals surface area contributed by atoms with Gasteiger partial charge in [0.1, 0.15) is 5.82 Å². The minimum atomic E-state index is -0.632. The molecule has 5 aromatic rings. The second-order valence-electron chi connectivity index (χ2n) is 9.32. The molecule has 0 aliphatic rings. The highest BCUT2D eigenvalue weighted by Gasteiger charge is 2.21. The van der Waals surface area contributed by atoms with Crippen molar-refractivity contribution in [1.82, 2.24) is 24.4 Å². The van der Waals surface area contributed by atoms with E-state index in [2.05, 4.69) is 26.7 Å². The van der Waals surface area contributed by atoms with E-state index in [9.17, 15) is 14.9 Å². The van der Waals surface area contributed by atoms with E-state index in [1.165, 1.54) is 7.05 Å². The number of carbonyl (C=O) groups is 1. The first-order chi connectivity index (χ1) is 17.7. The molecular formula is C28H25N7O2. The molecule has 184 valence electrons. The number of nitrogens with one attached hydrogen (secondary N) is 2. The quantitative estimate of drug-likeness (QED) is 0.384. The Hall–Kier alpha value is -4.97. The maximum atomic E-state index is 13.4. The summed E-state index contributed by atoms with van der Waals surface area (Å²) >= 11 is 0. The average molecular weight is 492 g/mol. The molecule has 2 aromatic carbocycles. The van der Waals surface area contributed by atoms with E-state index in [0.29, 0.717) is 17.0 Å². The molecule has 0 radical (unpaired) electrons. The highest BCUT2D eigenvalue weighted by Crippen LogP contribution is 2.30. The number of rotatable bonds is 4. The number of benzene rings is 2. The fraction of sp³-hybridized carbons (Fsp3) is 0.179. The molecule has 0 atom stereocenters. The molecule has 5 rings (SSSR count).